The minimum absolute atomic E-state index is 0.100. The maximum atomic E-state index is 11.2. The molecule has 0 unspecified atom stereocenters. The lowest BCUT2D eigenvalue weighted by molar-refractivity contribution is -0.113. The van der Waals surface area contributed by atoms with Gasteiger partial charge in [-0.1, -0.05) is 12.1 Å². The Morgan fingerprint density at radius 1 is 1.50 bits per heavy atom. The van der Waals surface area contributed by atoms with E-state index >= 15 is 0 Å². The van der Waals surface area contributed by atoms with Crippen LogP contribution in [0.4, 0.5) is 5.69 Å². The minimum atomic E-state index is -0.224. The van der Waals surface area contributed by atoms with Crippen LogP contribution in [0.2, 0.25) is 0 Å². The number of aliphatic hydroxyl groups is 1. The molecule has 0 radical (unpaired) electrons. The molecule has 0 spiro atoms. The van der Waals surface area contributed by atoms with Gasteiger partial charge in [0.05, 0.1) is 6.61 Å². The van der Waals surface area contributed by atoms with Crippen LogP contribution < -0.4 is 5.32 Å². The first-order chi connectivity index (χ1) is 7.60. The first-order valence-corrected chi connectivity index (χ1v) is 5.20. The van der Waals surface area contributed by atoms with E-state index in [2.05, 4.69) is 5.32 Å². The molecule has 0 bridgehead atoms. The number of benzene rings is 1. The molecule has 0 fully saturated rings. The fraction of sp³-hybridized carbons (Fsp3) is 0.308. The molecule has 0 saturated heterocycles. The summed E-state index contributed by atoms with van der Waals surface area (Å²) in [6, 6.07) is 5.81. The maximum absolute atomic E-state index is 11.2. The van der Waals surface area contributed by atoms with Gasteiger partial charge < -0.3 is 10.4 Å². The van der Waals surface area contributed by atoms with Crippen molar-refractivity contribution in [2.24, 2.45) is 0 Å². The van der Waals surface area contributed by atoms with Crippen LogP contribution in [-0.4, -0.2) is 24.5 Å². The molecule has 16 heavy (non-hydrogen) atoms. The Hall–Kier alpha value is -1.61. The van der Waals surface area contributed by atoms with Crippen LogP contribution in [0.5, 0.6) is 0 Å². The van der Waals surface area contributed by atoms with E-state index in [-0.39, 0.29) is 12.4 Å². The summed E-state index contributed by atoms with van der Waals surface area (Å²) in [5.74, 6) is -0.100. The Bertz CT molecular complexity index is 422. The molecule has 0 saturated carbocycles. The van der Waals surface area contributed by atoms with Crippen molar-refractivity contribution in [1.29, 1.82) is 0 Å². The topological polar surface area (TPSA) is 49.3 Å². The highest BCUT2D eigenvalue weighted by molar-refractivity contribution is 5.98. The second-order valence-electron chi connectivity index (χ2n) is 3.65. The monoisotopic (exact) mass is 219 g/mol. The largest absolute Gasteiger partial charge is 0.392 e. The second kappa shape index (κ2) is 5.47. The molecule has 3 heteroatoms. The smallest absolute Gasteiger partial charge is 0.158 e. The molecule has 86 valence electrons. The zero-order chi connectivity index (χ0) is 12.1. The zero-order valence-electron chi connectivity index (χ0n) is 9.87. The SMILES string of the molecule is CNc1cccc(/C=C(/CO)C(C)=O)c1C. The highest BCUT2D eigenvalue weighted by Gasteiger charge is 2.05. The summed E-state index contributed by atoms with van der Waals surface area (Å²) in [4.78, 5) is 11.2. The van der Waals surface area contributed by atoms with Crippen molar-refractivity contribution in [2.45, 2.75) is 13.8 Å². The van der Waals surface area contributed by atoms with E-state index in [0.717, 1.165) is 16.8 Å². The van der Waals surface area contributed by atoms with E-state index in [9.17, 15) is 4.79 Å². The summed E-state index contributed by atoms with van der Waals surface area (Å²) < 4.78 is 0. The highest BCUT2D eigenvalue weighted by Crippen LogP contribution is 2.20. The number of anilines is 1. The van der Waals surface area contributed by atoms with Crippen molar-refractivity contribution in [3.63, 3.8) is 0 Å². The molecule has 0 aliphatic rings. The van der Waals surface area contributed by atoms with Crippen molar-refractivity contribution in [2.75, 3.05) is 19.0 Å². The molecule has 0 aliphatic heterocycles. The summed E-state index contributed by atoms with van der Waals surface area (Å²) in [6.07, 6.45) is 1.73. The number of aliphatic hydroxyl groups excluding tert-OH is 1. The van der Waals surface area contributed by atoms with E-state index in [1.165, 1.54) is 6.92 Å². The number of Topliss-reactive ketones (excluding diaryl/α,β-unsaturated/α-hetero) is 1. The summed E-state index contributed by atoms with van der Waals surface area (Å²) in [5.41, 5.74) is 3.47. The average Bonchev–Trinajstić information content (AvgIpc) is 2.27. The van der Waals surface area contributed by atoms with Gasteiger partial charge in [-0.2, -0.15) is 0 Å². The number of hydrogen-bond donors (Lipinski definition) is 2. The van der Waals surface area contributed by atoms with Crippen molar-refractivity contribution >= 4 is 17.5 Å². The van der Waals surface area contributed by atoms with Crippen molar-refractivity contribution in [3.8, 4) is 0 Å². The number of hydrogen-bond acceptors (Lipinski definition) is 3. The van der Waals surface area contributed by atoms with Gasteiger partial charge in [-0.15, -0.1) is 0 Å². The molecule has 0 heterocycles. The fourth-order valence-corrected chi connectivity index (χ4v) is 1.53. The van der Waals surface area contributed by atoms with Crippen LogP contribution in [0.3, 0.4) is 0 Å². The lowest BCUT2D eigenvalue weighted by atomic mass is 10.0. The quantitative estimate of drug-likeness (QED) is 0.761. The Labute approximate surface area is 95.8 Å². The lowest BCUT2D eigenvalue weighted by Gasteiger charge is -2.08. The Kier molecular flexibility index (Phi) is 4.26. The third-order valence-corrected chi connectivity index (χ3v) is 2.60. The Balaban J connectivity index is 3.19. The third-order valence-electron chi connectivity index (χ3n) is 2.60. The number of rotatable bonds is 4. The summed E-state index contributed by atoms with van der Waals surface area (Å²) >= 11 is 0. The first kappa shape index (κ1) is 12.5. The normalized spacial score (nSPS) is 11.4. The van der Waals surface area contributed by atoms with E-state index in [4.69, 9.17) is 5.11 Å². The van der Waals surface area contributed by atoms with Crippen LogP contribution in [0.25, 0.3) is 6.08 Å². The van der Waals surface area contributed by atoms with Gasteiger partial charge in [-0.25, -0.2) is 0 Å². The van der Waals surface area contributed by atoms with Crippen molar-refractivity contribution in [1.82, 2.24) is 0 Å². The lowest BCUT2D eigenvalue weighted by Crippen LogP contribution is -2.02. The fourth-order valence-electron chi connectivity index (χ4n) is 1.53. The minimum Gasteiger partial charge on any atom is -0.392 e. The molecule has 0 aliphatic carbocycles. The standard InChI is InChI=1S/C13H17NO2/c1-9-11(5-4-6-13(9)14-3)7-12(8-15)10(2)16/h4-7,14-15H,8H2,1-3H3/b12-7-. The molecule has 1 aromatic rings. The van der Waals surface area contributed by atoms with Gasteiger partial charge in [0.25, 0.3) is 0 Å². The average molecular weight is 219 g/mol. The third kappa shape index (κ3) is 2.70. The highest BCUT2D eigenvalue weighted by atomic mass is 16.3. The summed E-state index contributed by atoms with van der Waals surface area (Å²) in [5, 5.41) is 12.1. The second-order valence-corrected chi connectivity index (χ2v) is 3.65. The molecule has 0 amide bonds. The van der Waals surface area contributed by atoms with E-state index in [1.807, 2.05) is 32.2 Å². The van der Waals surface area contributed by atoms with E-state index in [1.54, 1.807) is 6.08 Å². The van der Waals surface area contributed by atoms with Crippen molar-refractivity contribution < 1.29 is 9.90 Å². The predicted octanol–water partition coefficient (Wildman–Crippen LogP) is 2.00. The number of carbonyl (C=O) groups is 1. The molecule has 0 atom stereocenters. The van der Waals surface area contributed by atoms with Gasteiger partial charge in [0.1, 0.15) is 0 Å². The summed E-state index contributed by atoms with van der Waals surface area (Å²) in [7, 11) is 1.85. The van der Waals surface area contributed by atoms with Crippen LogP contribution in [0.15, 0.2) is 23.8 Å². The molecule has 1 aromatic carbocycles. The number of carbonyl (C=O) groups excluding carboxylic acids is 1. The molecule has 1 rings (SSSR count). The van der Waals surface area contributed by atoms with Crippen LogP contribution in [0, 0.1) is 6.92 Å². The maximum Gasteiger partial charge on any atom is 0.158 e. The predicted molar refractivity (Wildman–Crippen MR) is 66.5 cm³/mol. The molecular weight excluding hydrogens is 202 g/mol. The summed E-state index contributed by atoms with van der Waals surface area (Å²) in [6.45, 7) is 3.21. The molecular formula is C13H17NO2. The molecule has 0 aromatic heterocycles. The van der Waals surface area contributed by atoms with Gasteiger partial charge in [-0.05, 0) is 37.1 Å². The zero-order valence-corrected chi connectivity index (χ0v) is 9.87. The Morgan fingerprint density at radius 3 is 2.69 bits per heavy atom. The first-order valence-electron chi connectivity index (χ1n) is 5.20. The van der Waals surface area contributed by atoms with Crippen LogP contribution in [-0.2, 0) is 4.79 Å². The van der Waals surface area contributed by atoms with E-state index < -0.39 is 0 Å². The molecule has 3 nitrogen and oxygen atoms in total. The van der Waals surface area contributed by atoms with E-state index in [0.29, 0.717) is 5.57 Å². The van der Waals surface area contributed by atoms with Gasteiger partial charge in [0, 0.05) is 18.3 Å². The number of nitrogens with one attached hydrogen (secondary N) is 1. The van der Waals surface area contributed by atoms with Crippen molar-refractivity contribution in [3.05, 3.63) is 34.9 Å². The van der Waals surface area contributed by atoms with Gasteiger partial charge in [-0.3, -0.25) is 4.79 Å². The Morgan fingerprint density at radius 2 is 2.19 bits per heavy atom. The van der Waals surface area contributed by atoms with Crippen LogP contribution in [0.1, 0.15) is 18.1 Å². The van der Waals surface area contributed by atoms with Gasteiger partial charge >= 0.3 is 0 Å². The number of ketones is 1. The van der Waals surface area contributed by atoms with Gasteiger partial charge in [0.2, 0.25) is 0 Å². The van der Waals surface area contributed by atoms with Gasteiger partial charge in [0.15, 0.2) is 5.78 Å². The molecule has 2 N–H and O–H groups in total. The van der Waals surface area contributed by atoms with Crippen LogP contribution >= 0.6 is 0 Å².